The molecule has 4 aromatic carbocycles. The van der Waals surface area contributed by atoms with Crippen molar-refractivity contribution >= 4 is 47.4 Å². The lowest BCUT2D eigenvalue weighted by molar-refractivity contribution is -0.153. The van der Waals surface area contributed by atoms with Gasteiger partial charge in [-0.2, -0.15) is 0 Å². The van der Waals surface area contributed by atoms with Gasteiger partial charge in [-0.15, -0.1) is 0 Å². The summed E-state index contributed by atoms with van der Waals surface area (Å²) in [6.07, 6.45) is 8.71. The lowest BCUT2D eigenvalue weighted by Gasteiger charge is -2.35. The first-order valence-electron chi connectivity index (χ1n) is 18.2. The number of carbonyl (C=O) groups is 4. The molecule has 0 saturated heterocycles. The molecule has 0 aliphatic heterocycles. The molecule has 3 atom stereocenters. The quantitative estimate of drug-likeness (QED) is 0.0830. The number of rotatable bonds is 18. The molecule has 294 valence electrons. The Hall–Kier alpha value is -6.07. The Labute approximate surface area is 332 Å². The van der Waals surface area contributed by atoms with E-state index in [0.717, 1.165) is 28.9 Å². The lowest BCUT2D eigenvalue weighted by atomic mass is 9.98. The molecule has 0 bridgehead atoms. The SMILES string of the molecule is CCC/C=C\c1ccccc1/C=C/C(=O)N[C@H](Cc1ccc(O)cc1)C(=O)N(C)[C@@H](Cc1ccc(OC)c(O)c1Cl)C(=O)N(C)[C@@H](Cc1ccccc1)C(=O)O. The first-order valence-corrected chi connectivity index (χ1v) is 18.6. The van der Waals surface area contributed by atoms with Gasteiger partial charge in [0.15, 0.2) is 11.5 Å². The number of unbranched alkanes of at least 4 members (excludes halogenated alkanes) is 1. The van der Waals surface area contributed by atoms with Crippen molar-refractivity contribution in [2.45, 2.75) is 57.2 Å². The van der Waals surface area contributed by atoms with Gasteiger partial charge in [0, 0.05) is 39.4 Å². The number of likely N-dealkylation sites (N-methyl/N-ethyl adjacent to an activating group) is 2. The van der Waals surface area contributed by atoms with E-state index in [9.17, 15) is 34.5 Å². The van der Waals surface area contributed by atoms with Crippen molar-refractivity contribution in [1.29, 1.82) is 0 Å². The number of aromatic hydroxyl groups is 2. The van der Waals surface area contributed by atoms with E-state index in [1.165, 1.54) is 50.4 Å². The normalized spacial score (nSPS) is 12.9. The Bertz CT molecular complexity index is 2030. The third kappa shape index (κ3) is 11.5. The Kier molecular flexibility index (Phi) is 15.7. The number of carbonyl (C=O) groups excluding carboxylic acids is 3. The fourth-order valence-electron chi connectivity index (χ4n) is 6.17. The highest BCUT2D eigenvalue weighted by atomic mass is 35.5. The van der Waals surface area contributed by atoms with Crippen molar-refractivity contribution in [1.82, 2.24) is 15.1 Å². The van der Waals surface area contributed by atoms with E-state index < -0.39 is 41.8 Å². The number of phenols is 2. The zero-order valence-corrected chi connectivity index (χ0v) is 32.6. The molecule has 0 spiro atoms. The number of nitrogens with zero attached hydrogens (tertiary/aromatic N) is 2. The van der Waals surface area contributed by atoms with Crippen LogP contribution in [-0.2, 0) is 38.4 Å². The van der Waals surface area contributed by atoms with E-state index in [2.05, 4.69) is 18.3 Å². The van der Waals surface area contributed by atoms with Crippen LogP contribution in [0.1, 0.15) is 47.6 Å². The molecule has 11 nitrogen and oxygen atoms in total. The largest absolute Gasteiger partial charge is 0.508 e. The highest BCUT2D eigenvalue weighted by molar-refractivity contribution is 6.33. The van der Waals surface area contributed by atoms with Gasteiger partial charge < -0.3 is 35.2 Å². The van der Waals surface area contributed by atoms with E-state index in [-0.39, 0.29) is 41.5 Å². The summed E-state index contributed by atoms with van der Waals surface area (Å²) in [5.74, 6) is -3.43. The fourth-order valence-corrected chi connectivity index (χ4v) is 6.40. The molecular formula is C44H48ClN3O8. The van der Waals surface area contributed by atoms with Crippen molar-refractivity contribution in [3.05, 3.63) is 136 Å². The molecule has 0 saturated carbocycles. The average molecular weight is 782 g/mol. The Morgan fingerprint density at radius 1 is 0.768 bits per heavy atom. The number of allylic oxidation sites excluding steroid dienone is 1. The van der Waals surface area contributed by atoms with Gasteiger partial charge in [-0.05, 0) is 58.5 Å². The molecule has 0 aliphatic rings. The molecule has 12 heteroatoms. The number of phenolic OH excluding ortho intramolecular Hbond substituents is 2. The monoisotopic (exact) mass is 781 g/mol. The second-order valence-corrected chi connectivity index (χ2v) is 13.7. The minimum absolute atomic E-state index is 0.00370. The van der Waals surface area contributed by atoms with Crippen LogP contribution >= 0.6 is 11.6 Å². The van der Waals surface area contributed by atoms with Gasteiger partial charge in [0.05, 0.1) is 12.1 Å². The van der Waals surface area contributed by atoms with Crippen LogP contribution in [0.15, 0.2) is 103 Å². The lowest BCUT2D eigenvalue weighted by Crippen LogP contribution is -2.57. The van der Waals surface area contributed by atoms with Crippen LogP contribution in [0.4, 0.5) is 0 Å². The van der Waals surface area contributed by atoms with Crippen molar-refractivity contribution in [3.8, 4) is 17.2 Å². The van der Waals surface area contributed by atoms with Gasteiger partial charge in [0.25, 0.3) is 0 Å². The molecular weight excluding hydrogens is 734 g/mol. The third-order valence-electron chi connectivity index (χ3n) is 9.42. The van der Waals surface area contributed by atoms with Crippen molar-refractivity contribution in [2.75, 3.05) is 21.2 Å². The Morgan fingerprint density at radius 3 is 2.00 bits per heavy atom. The summed E-state index contributed by atoms with van der Waals surface area (Å²) in [6, 6.07) is 21.8. The topological polar surface area (TPSA) is 157 Å². The minimum Gasteiger partial charge on any atom is -0.508 e. The van der Waals surface area contributed by atoms with Crippen molar-refractivity contribution in [2.24, 2.45) is 0 Å². The Balaban J connectivity index is 1.71. The Morgan fingerprint density at radius 2 is 1.38 bits per heavy atom. The molecule has 4 aromatic rings. The summed E-state index contributed by atoms with van der Waals surface area (Å²) in [7, 11) is 4.12. The smallest absolute Gasteiger partial charge is 0.326 e. The van der Waals surface area contributed by atoms with Gasteiger partial charge >= 0.3 is 5.97 Å². The van der Waals surface area contributed by atoms with Gasteiger partial charge in [0.2, 0.25) is 17.7 Å². The molecule has 0 fully saturated rings. The van der Waals surface area contributed by atoms with E-state index in [4.69, 9.17) is 16.3 Å². The summed E-state index contributed by atoms with van der Waals surface area (Å²) in [5.41, 5.74) is 3.31. The van der Waals surface area contributed by atoms with Gasteiger partial charge in [-0.1, -0.05) is 110 Å². The van der Waals surface area contributed by atoms with Crippen LogP contribution in [0.3, 0.4) is 0 Å². The molecule has 0 radical (unpaired) electrons. The maximum absolute atomic E-state index is 14.6. The highest BCUT2D eigenvalue weighted by Gasteiger charge is 2.38. The standard InChI is InChI=1S/C44H48ClN3O8/c1-5-6-8-15-31-16-11-12-17-32(31)21-25-39(50)46-35(26-30-18-22-34(49)23-19-30)42(52)47(2)36(28-33-20-24-38(56-4)41(51)40(33)45)43(53)48(3)37(44(54)55)27-29-13-9-7-10-14-29/h7-25,35-37,49,51H,5-6,26-28H2,1-4H3,(H,46,50)(H,54,55)/b15-8-,25-21+/t35-,36+,37+/m1/s1. The van der Waals surface area contributed by atoms with E-state index in [0.29, 0.717) is 16.7 Å². The van der Waals surface area contributed by atoms with Crippen molar-refractivity contribution in [3.63, 3.8) is 0 Å². The second kappa shape index (κ2) is 20.6. The predicted octanol–water partition coefficient (Wildman–Crippen LogP) is 6.54. The average Bonchev–Trinajstić information content (AvgIpc) is 3.20. The van der Waals surface area contributed by atoms with E-state index >= 15 is 0 Å². The van der Waals surface area contributed by atoms with Crippen LogP contribution in [0.5, 0.6) is 17.2 Å². The van der Waals surface area contributed by atoms with Gasteiger partial charge in [-0.25, -0.2) is 4.79 Å². The molecule has 4 rings (SSSR count). The molecule has 56 heavy (non-hydrogen) atoms. The number of aliphatic carboxylic acids is 1. The second-order valence-electron chi connectivity index (χ2n) is 13.3. The highest BCUT2D eigenvalue weighted by Crippen LogP contribution is 2.37. The van der Waals surface area contributed by atoms with Crippen LogP contribution in [0, 0.1) is 0 Å². The minimum atomic E-state index is -1.34. The number of carboxylic acid groups (broad SMARTS) is 1. The first-order chi connectivity index (χ1) is 26.8. The number of hydrogen-bond acceptors (Lipinski definition) is 7. The summed E-state index contributed by atoms with van der Waals surface area (Å²) >= 11 is 6.55. The van der Waals surface area contributed by atoms with Crippen LogP contribution in [-0.4, -0.2) is 88.1 Å². The maximum atomic E-state index is 14.6. The molecule has 0 unspecified atom stereocenters. The first kappa shape index (κ1) is 42.7. The summed E-state index contributed by atoms with van der Waals surface area (Å²) in [6.45, 7) is 2.09. The summed E-state index contributed by atoms with van der Waals surface area (Å²) in [5, 5.41) is 33.6. The zero-order valence-electron chi connectivity index (χ0n) is 31.9. The molecule has 4 N–H and O–H groups in total. The maximum Gasteiger partial charge on any atom is 0.326 e. The third-order valence-corrected chi connectivity index (χ3v) is 9.84. The summed E-state index contributed by atoms with van der Waals surface area (Å²) < 4.78 is 5.18. The molecule has 0 aromatic heterocycles. The van der Waals surface area contributed by atoms with Crippen molar-refractivity contribution < 1.29 is 39.2 Å². The number of nitrogens with one attached hydrogen (secondary N) is 1. The van der Waals surface area contributed by atoms with E-state index in [1.807, 2.05) is 30.3 Å². The molecule has 0 heterocycles. The number of hydrogen-bond donors (Lipinski definition) is 4. The molecule has 3 amide bonds. The number of ether oxygens (including phenoxy) is 1. The number of carboxylic acids is 1. The molecule has 0 aliphatic carbocycles. The number of methoxy groups -OCH3 is 1. The van der Waals surface area contributed by atoms with E-state index in [1.54, 1.807) is 54.6 Å². The number of halogens is 1. The van der Waals surface area contributed by atoms with Crippen LogP contribution in [0.2, 0.25) is 5.02 Å². The summed E-state index contributed by atoms with van der Waals surface area (Å²) in [4.78, 5) is 57.4. The fraction of sp³-hybridized carbons (Fsp3) is 0.273. The van der Waals surface area contributed by atoms with Gasteiger partial charge in [-0.3, -0.25) is 14.4 Å². The number of benzene rings is 4. The van der Waals surface area contributed by atoms with Crippen LogP contribution < -0.4 is 10.1 Å². The predicted molar refractivity (Wildman–Crippen MR) is 217 cm³/mol. The zero-order chi connectivity index (χ0) is 40.8. The number of amides is 3. The van der Waals surface area contributed by atoms with Gasteiger partial charge in [0.1, 0.15) is 23.9 Å². The van der Waals surface area contributed by atoms with Crippen LogP contribution in [0.25, 0.3) is 12.2 Å².